The first-order chi connectivity index (χ1) is 10.3. The van der Waals surface area contributed by atoms with Gasteiger partial charge in [-0.05, 0) is 24.7 Å². The van der Waals surface area contributed by atoms with Crippen LogP contribution in [0.4, 0.5) is 4.79 Å². The fourth-order valence-electron chi connectivity index (χ4n) is 2.13. The molecule has 1 aliphatic rings. The average Bonchev–Trinajstić information content (AvgIpc) is 2.80. The molecular weight excluding hydrogens is 288 g/mol. The zero-order valence-corrected chi connectivity index (χ0v) is 13.8. The highest BCUT2D eigenvalue weighted by molar-refractivity contribution is 5.85. The minimum Gasteiger partial charge on any atom is -0.449 e. The van der Waals surface area contributed by atoms with E-state index in [2.05, 4.69) is 10.6 Å². The molecule has 0 bridgehead atoms. The van der Waals surface area contributed by atoms with Crippen molar-refractivity contribution in [3.8, 4) is 0 Å². The first-order valence-electron chi connectivity index (χ1n) is 7.83. The quantitative estimate of drug-likeness (QED) is 0.651. The Bertz CT molecular complexity index is 373. The van der Waals surface area contributed by atoms with Gasteiger partial charge in [0, 0.05) is 0 Å². The maximum Gasteiger partial charge on any atom is 0.407 e. The number of hydrogen-bond donors (Lipinski definition) is 3. The first kappa shape index (κ1) is 18.7. The highest BCUT2D eigenvalue weighted by atomic mass is 16.6. The monoisotopic (exact) mass is 316 g/mol. The van der Waals surface area contributed by atoms with Gasteiger partial charge in [-0.1, -0.05) is 27.7 Å². The Labute approximate surface area is 131 Å². The Balaban J connectivity index is 2.54. The molecule has 7 nitrogen and oxygen atoms in total. The van der Waals surface area contributed by atoms with Crippen LogP contribution in [0.1, 0.15) is 40.5 Å². The molecule has 7 heteroatoms. The Hall–Kier alpha value is -1.34. The molecule has 0 aromatic heterocycles. The predicted molar refractivity (Wildman–Crippen MR) is 81.1 cm³/mol. The third-order valence-electron chi connectivity index (χ3n) is 3.25. The fourth-order valence-corrected chi connectivity index (χ4v) is 2.13. The smallest absolute Gasteiger partial charge is 0.407 e. The molecule has 1 fully saturated rings. The van der Waals surface area contributed by atoms with Crippen molar-refractivity contribution in [3.63, 3.8) is 0 Å². The van der Waals surface area contributed by atoms with E-state index in [9.17, 15) is 14.7 Å². The summed E-state index contributed by atoms with van der Waals surface area (Å²) in [6.07, 6.45) is -0.542. The van der Waals surface area contributed by atoms with Gasteiger partial charge in [-0.3, -0.25) is 4.79 Å². The van der Waals surface area contributed by atoms with Crippen molar-refractivity contribution in [2.75, 3.05) is 13.2 Å². The summed E-state index contributed by atoms with van der Waals surface area (Å²) in [7, 11) is 0. The van der Waals surface area contributed by atoms with Crippen LogP contribution in [0.15, 0.2) is 0 Å². The third-order valence-corrected chi connectivity index (χ3v) is 3.25. The van der Waals surface area contributed by atoms with Gasteiger partial charge in [0.1, 0.15) is 6.04 Å². The summed E-state index contributed by atoms with van der Waals surface area (Å²) < 4.78 is 10.1. The Kier molecular flexibility index (Phi) is 7.61. The van der Waals surface area contributed by atoms with E-state index in [1.807, 2.05) is 27.7 Å². The van der Waals surface area contributed by atoms with E-state index in [1.165, 1.54) is 0 Å². The fraction of sp³-hybridized carbons (Fsp3) is 0.867. The van der Waals surface area contributed by atoms with Crippen molar-refractivity contribution in [2.45, 2.75) is 58.9 Å². The van der Waals surface area contributed by atoms with Gasteiger partial charge < -0.3 is 25.2 Å². The molecule has 0 aromatic rings. The van der Waals surface area contributed by atoms with Gasteiger partial charge in [-0.2, -0.15) is 0 Å². The Morgan fingerprint density at radius 1 is 1.27 bits per heavy atom. The van der Waals surface area contributed by atoms with Crippen LogP contribution < -0.4 is 10.6 Å². The summed E-state index contributed by atoms with van der Waals surface area (Å²) in [6, 6.07) is -1.12. The molecule has 1 unspecified atom stereocenters. The largest absolute Gasteiger partial charge is 0.449 e. The van der Waals surface area contributed by atoms with Crippen LogP contribution in [0.3, 0.4) is 0 Å². The first-order valence-corrected chi connectivity index (χ1v) is 7.83. The van der Waals surface area contributed by atoms with Crippen LogP contribution in [-0.4, -0.2) is 48.7 Å². The molecule has 2 amide bonds. The topological polar surface area (TPSA) is 96.9 Å². The van der Waals surface area contributed by atoms with Gasteiger partial charge in [0.05, 0.1) is 19.3 Å². The van der Waals surface area contributed by atoms with Crippen molar-refractivity contribution in [3.05, 3.63) is 0 Å². The van der Waals surface area contributed by atoms with Gasteiger partial charge in [0.2, 0.25) is 5.91 Å². The van der Waals surface area contributed by atoms with E-state index >= 15 is 0 Å². The molecule has 0 radical (unpaired) electrons. The minimum absolute atomic E-state index is 0.228. The molecule has 1 saturated heterocycles. The minimum atomic E-state index is -0.989. The van der Waals surface area contributed by atoms with Gasteiger partial charge in [-0.15, -0.1) is 0 Å². The Morgan fingerprint density at radius 2 is 1.95 bits per heavy atom. The van der Waals surface area contributed by atoms with Crippen molar-refractivity contribution in [2.24, 2.45) is 11.8 Å². The van der Waals surface area contributed by atoms with Crippen LogP contribution in [0.2, 0.25) is 0 Å². The summed E-state index contributed by atoms with van der Waals surface area (Å²) >= 11 is 0. The number of amides is 2. The van der Waals surface area contributed by atoms with Gasteiger partial charge in [-0.25, -0.2) is 4.79 Å². The third kappa shape index (κ3) is 6.62. The van der Waals surface area contributed by atoms with Crippen LogP contribution in [0, 0.1) is 11.8 Å². The maximum atomic E-state index is 12.3. The molecule has 0 saturated carbocycles. The highest BCUT2D eigenvalue weighted by Crippen LogP contribution is 2.12. The van der Waals surface area contributed by atoms with E-state index in [0.717, 1.165) is 0 Å². The van der Waals surface area contributed by atoms with Crippen LogP contribution in [0.25, 0.3) is 0 Å². The lowest BCUT2D eigenvalue weighted by Crippen LogP contribution is -2.52. The summed E-state index contributed by atoms with van der Waals surface area (Å²) in [5.74, 6) is 0.129. The normalized spacial score (nSPS) is 22.7. The molecule has 0 aliphatic carbocycles. The lowest BCUT2D eigenvalue weighted by Gasteiger charge is -2.23. The second kappa shape index (κ2) is 8.95. The van der Waals surface area contributed by atoms with Crippen molar-refractivity contribution in [1.29, 1.82) is 0 Å². The van der Waals surface area contributed by atoms with Gasteiger partial charge in [0.15, 0.2) is 6.29 Å². The molecule has 1 rings (SSSR count). The highest BCUT2D eigenvalue weighted by Gasteiger charge is 2.31. The molecule has 128 valence electrons. The standard InChI is InChI=1S/C15H28N2O5/c1-9(2)7-12(17-15(20)22-8-10(3)4)13(18)16-11-5-6-21-14(11)19/h9-12,14,19H,5-8H2,1-4H3,(H,16,18)(H,17,20)/t11-,12-,14?/m0/s1. The summed E-state index contributed by atoms with van der Waals surface area (Å²) in [5, 5.41) is 14.9. The number of carbonyl (C=O) groups excluding carboxylic acids is 2. The van der Waals surface area contributed by atoms with Crippen molar-refractivity contribution >= 4 is 12.0 Å². The van der Waals surface area contributed by atoms with Gasteiger partial charge in [0.25, 0.3) is 0 Å². The van der Waals surface area contributed by atoms with E-state index in [-0.39, 0.29) is 17.7 Å². The summed E-state index contributed by atoms with van der Waals surface area (Å²) in [6.45, 7) is 8.52. The van der Waals surface area contributed by atoms with Gasteiger partial charge >= 0.3 is 6.09 Å². The van der Waals surface area contributed by atoms with E-state index in [0.29, 0.717) is 26.1 Å². The second-order valence-corrected chi connectivity index (χ2v) is 6.48. The number of alkyl carbamates (subject to hydrolysis) is 1. The molecule has 22 heavy (non-hydrogen) atoms. The van der Waals surface area contributed by atoms with E-state index < -0.39 is 24.5 Å². The lowest BCUT2D eigenvalue weighted by molar-refractivity contribution is -0.127. The molecular formula is C15H28N2O5. The number of ether oxygens (including phenoxy) is 2. The summed E-state index contributed by atoms with van der Waals surface area (Å²) in [4.78, 5) is 24.1. The summed E-state index contributed by atoms with van der Waals surface area (Å²) in [5.41, 5.74) is 0. The van der Waals surface area contributed by atoms with Crippen LogP contribution in [0.5, 0.6) is 0 Å². The molecule has 0 spiro atoms. The molecule has 0 aromatic carbocycles. The SMILES string of the molecule is CC(C)COC(=O)N[C@@H](CC(C)C)C(=O)N[C@H]1CCOC1O. The van der Waals surface area contributed by atoms with E-state index in [4.69, 9.17) is 9.47 Å². The predicted octanol–water partition coefficient (Wildman–Crippen LogP) is 1.01. The molecule has 3 N–H and O–H groups in total. The maximum absolute atomic E-state index is 12.3. The number of aliphatic hydroxyl groups excluding tert-OH is 1. The second-order valence-electron chi connectivity index (χ2n) is 6.48. The molecule has 3 atom stereocenters. The zero-order chi connectivity index (χ0) is 16.7. The number of carbonyl (C=O) groups is 2. The number of rotatable bonds is 7. The van der Waals surface area contributed by atoms with Crippen molar-refractivity contribution in [1.82, 2.24) is 10.6 Å². The lowest BCUT2D eigenvalue weighted by atomic mass is 10.0. The van der Waals surface area contributed by atoms with E-state index in [1.54, 1.807) is 0 Å². The van der Waals surface area contributed by atoms with Crippen LogP contribution >= 0.6 is 0 Å². The van der Waals surface area contributed by atoms with Crippen LogP contribution in [-0.2, 0) is 14.3 Å². The number of aliphatic hydroxyl groups is 1. The molecule has 1 heterocycles. The van der Waals surface area contributed by atoms with Crippen molar-refractivity contribution < 1.29 is 24.2 Å². The Morgan fingerprint density at radius 3 is 2.45 bits per heavy atom. The zero-order valence-electron chi connectivity index (χ0n) is 13.8. The number of hydrogen-bond acceptors (Lipinski definition) is 5. The number of nitrogens with one attached hydrogen (secondary N) is 2. The molecule has 1 aliphatic heterocycles. The average molecular weight is 316 g/mol.